The molecule has 0 spiro atoms. The summed E-state index contributed by atoms with van der Waals surface area (Å²) < 4.78 is 0. The minimum atomic E-state index is -0.576. The molecular formula is C18H26O2. The summed E-state index contributed by atoms with van der Waals surface area (Å²) in [7, 11) is 0. The van der Waals surface area contributed by atoms with Gasteiger partial charge in [0.05, 0.1) is 11.7 Å². The first-order chi connectivity index (χ1) is 9.60. The van der Waals surface area contributed by atoms with Crippen molar-refractivity contribution in [3.8, 4) is 0 Å². The first kappa shape index (κ1) is 14.1. The maximum atomic E-state index is 11.4. The molecule has 2 heteroatoms. The Bertz CT molecular complexity index is 444. The third-order valence-electron chi connectivity index (χ3n) is 5.78. The zero-order chi connectivity index (χ0) is 14.2. The average molecular weight is 274 g/mol. The van der Waals surface area contributed by atoms with E-state index >= 15 is 0 Å². The molecule has 0 aromatic heterocycles. The van der Waals surface area contributed by atoms with Gasteiger partial charge in [-0.15, -0.1) is 0 Å². The fraction of sp³-hybridized carbons (Fsp3) is 0.667. The number of benzene rings is 1. The van der Waals surface area contributed by atoms with Crippen molar-refractivity contribution in [2.75, 3.05) is 0 Å². The maximum absolute atomic E-state index is 11.4. The summed E-state index contributed by atoms with van der Waals surface area (Å²) in [6.45, 7) is 2.19. The lowest BCUT2D eigenvalue weighted by molar-refractivity contribution is -0.0834. The summed E-state index contributed by atoms with van der Waals surface area (Å²) in [4.78, 5) is 0. The van der Waals surface area contributed by atoms with Crippen LogP contribution in [0.5, 0.6) is 0 Å². The fourth-order valence-corrected chi connectivity index (χ4v) is 4.60. The maximum Gasteiger partial charge on any atom is 0.0733 e. The molecule has 110 valence electrons. The van der Waals surface area contributed by atoms with Crippen LogP contribution in [-0.4, -0.2) is 21.9 Å². The van der Waals surface area contributed by atoms with Gasteiger partial charge in [-0.3, -0.25) is 0 Å². The molecule has 20 heavy (non-hydrogen) atoms. The lowest BCUT2D eigenvalue weighted by Crippen LogP contribution is -2.46. The molecule has 0 heterocycles. The van der Waals surface area contributed by atoms with Crippen molar-refractivity contribution >= 4 is 0 Å². The Morgan fingerprint density at radius 1 is 1.10 bits per heavy atom. The van der Waals surface area contributed by atoms with Gasteiger partial charge in [0.25, 0.3) is 0 Å². The number of hydrogen-bond donors (Lipinski definition) is 2. The molecule has 0 radical (unpaired) electrons. The van der Waals surface area contributed by atoms with Gasteiger partial charge in [-0.25, -0.2) is 0 Å². The molecular weight excluding hydrogens is 248 g/mol. The minimum Gasteiger partial charge on any atom is -0.393 e. The molecule has 1 aromatic carbocycles. The van der Waals surface area contributed by atoms with E-state index in [1.165, 1.54) is 5.56 Å². The molecule has 0 saturated heterocycles. The predicted octanol–water partition coefficient (Wildman–Crippen LogP) is 3.17. The minimum absolute atomic E-state index is 0.185. The van der Waals surface area contributed by atoms with Gasteiger partial charge in [0, 0.05) is 0 Å². The third-order valence-corrected chi connectivity index (χ3v) is 5.78. The Morgan fingerprint density at radius 3 is 2.55 bits per heavy atom. The van der Waals surface area contributed by atoms with Gasteiger partial charge in [-0.1, -0.05) is 37.3 Å². The third kappa shape index (κ3) is 2.40. The topological polar surface area (TPSA) is 40.5 Å². The Labute approximate surface area is 121 Å². The van der Waals surface area contributed by atoms with Gasteiger partial charge in [0.15, 0.2) is 0 Å². The van der Waals surface area contributed by atoms with Gasteiger partial charge in [-0.2, -0.15) is 0 Å². The average Bonchev–Trinajstić information content (AvgIpc) is 2.67. The molecule has 3 rings (SSSR count). The highest BCUT2D eigenvalue weighted by atomic mass is 16.3. The zero-order valence-corrected chi connectivity index (χ0v) is 12.3. The highest BCUT2D eigenvalue weighted by Crippen LogP contribution is 2.51. The Kier molecular flexibility index (Phi) is 3.87. The number of rotatable bonds is 2. The van der Waals surface area contributed by atoms with E-state index in [1.807, 2.05) is 6.07 Å². The van der Waals surface area contributed by atoms with Gasteiger partial charge < -0.3 is 10.2 Å². The van der Waals surface area contributed by atoms with Crippen LogP contribution in [0, 0.1) is 17.8 Å². The van der Waals surface area contributed by atoms with Crippen LogP contribution >= 0.6 is 0 Å². The van der Waals surface area contributed by atoms with Crippen LogP contribution in [0.1, 0.15) is 44.6 Å². The van der Waals surface area contributed by atoms with E-state index in [4.69, 9.17) is 0 Å². The molecule has 2 aliphatic rings. The molecule has 0 unspecified atom stereocenters. The van der Waals surface area contributed by atoms with E-state index in [9.17, 15) is 10.2 Å². The van der Waals surface area contributed by atoms with E-state index in [0.717, 1.165) is 38.5 Å². The number of fused-ring (bicyclic) bond motifs is 1. The Hall–Kier alpha value is -0.860. The molecule has 5 atom stereocenters. The summed E-state index contributed by atoms with van der Waals surface area (Å²) in [5, 5.41) is 21.6. The second-order valence-corrected chi connectivity index (χ2v) is 6.92. The van der Waals surface area contributed by atoms with Gasteiger partial charge in [-0.05, 0) is 61.8 Å². The lowest BCUT2D eigenvalue weighted by Gasteiger charge is -2.40. The number of aliphatic hydroxyl groups is 2. The summed E-state index contributed by atoms with van der Waals surface area (Å²) >= 11 is 0. The molecule has 0 bridgehead atoms. The van der Waals surface area contributed by atoms with Crippen molar-refractivity contribution in [3.63, 3.8) is 0 Å². The van der Waals surface area contributed by atoms with Crippen LogP contribution in [0.15, 0.2) is 30.3 Å². The Balaban J connectivity index is 1.88. The molecule has 2 fully saturated rings. The lowest BCUT2D eigenvalue weighted by atomic mass is 9.71. The summed E-state index contributed by atoms with van der Waals surface area (Å²) in [5.41, 5.74) is 0.700. The first-order valence-electron chi connectivity index (χ1n) is 8.05. The second kappa shape index (κ2) is 5.50. The molecule has 0 aliphatic heterocycles. The normalized spacial score (nSPS) is 41.1. The molecule has 2 saturated carbocycles. The van der Waals surface area contributed by atoms with Crippen LogP contribution in [0.4, 0.5) is 0 Å². The fourth-order valence-electron chi connectivity index (χ4n) is 4.60. The quantitative estimate of drug-likeness (QED) is 0.869. The van der Waals surface area contributed by atoms with Crippen LogP contribution in [0.3, 0.4) is 0 Å². The van der Waals surface area contributed by atoms with E-state index in [-0.39, 0.29) is 12.0 Å². The van der Waals surface area contributed by atoms with Crippen LogP contribution < -0.4 is 0 Å². The van der Waals surface area contributed by atoms with Crippen molar-refractivity contribution in [3.05, 3.63) is 35.9 Å². The van der Waals surface area contributed by atoms with E-state index in [0.29, 0.717) is 11.8 Å². The summed E-state index contributed by atoms with van der Waals surface area (Å²) in [6.07, 6.45) is 5.46. The standard InChI is InChI=1S/C18H26O2/c1-13-7-8-15-9-10-17(19)12-16(18(13,15)20)11-14-5-3-2-4-6-14/h2-6,13,15-17,19-20H,7-12H2,1H3/t13-,15+,16-,17+,18+/m1/s1. The first-order valence-corrected chi connectivity index (χ1v) is 8.05. The van der Waals surface area contributed by atoms with Gasteiger partial charge in [0.1, 0.15) is 0 Å². The van der Waals surface area contributed by atoms with Crippen molar-refractivity contribution in [1.82, 2.24) is 0 Å². The predicted molar refractivity (Wildman–Crippen MR) is 80.3 cm³/mol. The molecule has 2 N–H and O–H groups in total. The monoisotopic (exact) mass is 274 g/mol. The van der Waals surface area contributed by atoms with E-state index < -0.39 is 5.60 Å². The highest BCUT2D eigenvalue weighted by molar-refractivity contribution is 5.17. The zero-order valence-electron chi connectivity index (χ0n) is 12.3. The SMILES string of the molecule is C[C@@H]1CC[C@H]2CC[C@H](O)C[C@@H](Cc3ccccc3)[C@@]21O. The molecule has 2 aliphatic carbocycles. The highest BCUT2D eigenvalue weighted by Gasteiger charge is 2.52. The van der Waals surface area contributed by atoms with E-state index in [1.54, 1.807) is 0 Å². The smallest absolute Gasteiger partial charge is 0.0733 e. The van der Waals surface area contributed by atoms with Crippen molar-refractivity contribution in [2.45, 2.75) is 57.2 Å². The van der Waals surface area contributed by atoms with Crippen LogP contribution in [0.25, 0.3) is 0 Å². The van der Waals surface area contributed by atoms with Gasteiger partial charge in [0.2, 0.25) is 0 Å². The van der Waals surface area contributed by atoms with Crippen LogP contribution in [-0.2, 0) is 6.42 Å². The summed E-state index contributed by atoms with van der Waals surface area (Å²) in [6, 6.07) is 10.4. The Morgan fingerprint density at radius 2 is 1.80 bits per heavy atom. The molecule has 1 aromatic rings. The summed E-state index contributed by atoms with van der Waals surface area (Å²) in [5.74, 6) is 0.916. The molecule has 2 nitrogen and oxygen atoms in total. The van der Waals surface area contributed by atoms with Crippen molar-refractivity contribution in [1.29, 1.82) is 0 Å². The van der Waals surface area contributed by atoms with Gasteiger partial charge >= 0.3 is 0 Å². The molecule has 0 amide bonds. The largest absolute Gasteiger partial charge is 0.393 e. The van der Waals surface area contributed by atoms with Crippen LogP contribution in [0.2, 0.25) is 0 Å². The number of hydrogen-bond acceptors (Lipinski definition) is 2. The number of aliphatic hydroxyl groups excluding tert-OH is 1. The second-order valence-electron chi connectivity index (χ2n) is 6.92. The van der Waals surface area contributed by atoms with E-state index in [2.05, 4.69) is 31.2 Å². The van der Waals surface area contributed by atoms with Crippen molar-refractivity contribution in [2.24, 2.45) is 17.8 Å². The van der Waals surface area contributed by atoms with Crippen molar-refractivity contribution < 1.29 is 10.2 Å².